The van der Waals surface area contributed by atoms with Crippen molar-refractivity contribution < 1.29 is 9.50 Å². The van der Waals surface area contributed by atoms with Gasteiger partial charge in [0.25, 0.3) is 0 Å². The second-order valence-electron chi connectivity index (χ2n) is 4.27. The maximum atomic E-state index is 14.0. The molecule has 0 aromatic heterocycles. The fraction of sp³-hybridized carbons (Fsp3) is 0.455. The van der Waals surface area contributed by atoms with Gasteiger partial charge in [-0.15, -0.1) is 0 Å². The number of nitrogens with zero attached hydrogens (tertiary/aromatic N) is 1. The first-order valence-electron chi connectivity index (χ1n) is 5.46. The van der Waals surface area contributed by atoms with Crippen molar-refractivity contribution in [3.8, 4) is 0 Å². The van der Waals surface area contributed by atoms with Gasteiger partial charge in [-0.05, 0) is 18.9 Å². The van der Waals surface area contributed by atoms with E-state index in [-0.39, 0.29) is 22.1 Å². The van der Waals surface area contributed by atoms with Gasteiger partial charge in [0.15, 0.2) is 5.82 Å². The number of rotatable bonds is 1. The summed E-state index contributed by atoms with van der Waals surface area (Å²) in [7, 11) is 0. The van der Waals surface area contributed by atoms with Crippen LogP contribution >= 0.6 is 11.6 Å². The standard InChI is InChI=1S/C11H15ClFN3O/c12-9-7(14)4-8(15)11(10(9)13)16-3-1-2-6(17)5-16/h4,6,17H,1-3,5,14-15H2. The summed E-state index contributed by atoms with van der Waals surface area (Å²) in [4.78, 5) is 1.71. The first-order valence-corrected chi connectivity index (χ1v) is 5.84. The van der Waals surface area contributed by atoms with Crippen molar-refractivity contribution in [3.63, 3.8) is 0 Å². The van der Waals surface area contributed by atoms with E-state index < -0.39 is 11.9 Å². The Kier molecular flexibility index (Phi) is 3.31. The quantitative estimate of drug-likeness (QED) is 0.670. The van der Waals surface area contributed by atoms with Crippen LogP contribution in [0, 0.1) is 5.82 Å². The van der Waals surface area contributed by atoms with Crippen LogP contribution in [0.4, 0.5) is 21.5 Å². The zero-order valence-electron chi connectivity index (χ0n) is 9.29. The predicted octanol–water partition coefficient (Wildman–Crippen LogP) is 1.60. The van der Waals surface area contributed by atoms with Gasteiger partial charge in [0.05, 0.1) is 23.2 Å². The van der Waals surface area contributed by atoms with Gasteiger partial charge in [-0.2, -0.15) is 0 Å². The van der Waals surface area contributed by atoms with Crippen LogP contribution in [-0.2, 0) is 0 Å². The highest BCUT2D eigenvalue weighted by atomic mass is 35.5. The van der Waals surface area contributed by atoms with E-state index >= 15 is 0 Å². The first kappa shape index (κ1) is 12.3. The Labute approximate surface area is 104 Å². The Morgan fingerprint density at radius 1 is 1.41 bits per heavy atom. The number of halogens is 2. The van der Waals surface area contributed by atoms with Gasteiger partial charge in [0.1, 0.15) is 5.02 Å². The minimum atomic E-state index is -0.613. The number of benzene rings is 1. The van der Waals surface area contributed by atoms with Crippen LogP contribution in [-0.4, -0.2) is 24.3 Å². The van der Waals surface area contributed by atoms with E-state index in [0.29, 0.717) is 13.1 Å². The molecule has 2 rings (SSSR count). The molecule has 1 saturated heterocycles. The molecule has 1 heterocycles. The number of hydrogen-bond donors (Lipinski definition) is 3. The van der Waals surface area contributed by atoms with Gasteiger partial charge in [-0.25, -0.2) is 4.39 Å². The number of hydrogen-bond acceptors (Lipinski definition) is 4. The summed E-state index contributed by atoms with van der Waals surface area (Å²) in [5.41, 5.74) is 11.9. The summed E-state index contributed by atoms with van der Waals surface area (Å²) < 4.78 is 14.0. The fourth-order valence-electron chi connectivity index (χ4n) is 2.14. The van der Waals surface area contributed by atoms with Crippen LogP contribution in [0.15, 0.2) is 6.07 Å². The minimum Gasteiger partial charge on any atom is -0.397 e. The summed E-state index contributed by atoms with van der Waals surface area (Å²) in [5, 5.41) is 9.47. The Morgan fingerprint density at radius 3 is 2.76 bits per heavy atom. The lowest BCUT2D eigenvalue weighted by Crippen LogP contribution is -2.39. The van der Waals surface area contributed by atoms with Crippen LogP contribution < -0.4 is 16.4 Å². The predicted molar refractivity (Wildman–Crippen MR) is 67.7 cm³/mol. The van der Waals surface area contributed by atoms with E-state index in [4.69, 9.17) is 23.1 Å². The molecule has 1 aliphatic heterocycles. The lowest BCUT2D eigenvalue weighted by Gasteiger charge is -2.33. The monoisotopic (exact) mass is 259 g/mol. The van der Waals surface area contributed by atoms with Crippen molar-refractivity contribution in [1.29, 1.82) is 0 Å². The van der Waals surface area contributed by atoms with Gasteiger partial charge < -0.3 is 21.5 Å². The van der Waals surface area contributed by atoms with Crippen LogP contribution in [0.5, 0.6) is 0 Å². The molecule has 0 amide bonds. The van der Waals surface area contributed by atoms with Crippen molar-refractivity contribution >= 4 is 28.7 Å². The molecule has 0 aliphatic carbocycles. The smallest absolute Gasteiger partial charge is 0.169 e. The number of nitrogens with two attached hydrogens (primary N) is 2. The number of nitrogen functional groups attached to an aromatic ring is 2. The third kappa shape index (κ3) is 2.25. The average molecular weight is 260 g/mol. The number of aliphatic hydroxyl groups is 1. The molecule has 1 unspecified atom stereocenters. The molecule has 17 heavy (non-hydrogen) atoms. The molecular weight excluding hydrogens is 245 g/mol. The second kappa shape index (κ2) is 4.58. The highest BCUT2D eigenvalue weighted by molar-refractivity contribution is 6.33. The zero-order chi connectivity index (χ0) is 12.6. The molecule has 1 fully saturated rings. The molecule has 4 nitrogen and oxygen atoms in total. The Morgan fingerprint density at radius 2 is 2.12 bits per heavy atom. The summed E-state index contributed by atoms with van der Waals surface area (Å²) in [6, 6.07) is 1.45. The molecule has 1 aliphatic rings. The van der Waals surface area contributed by atoms with Crippen LogP contribution in [0.25, 0.3) is 0 Å². The summed E-state index contributed by atoms with van der Waals surface area (Å²) in [6.45, 7) is 1.01. The van der Waals surface area contributed by atoms with Gasteiger partial charge in [0, 0.05) is 13.1 Å². The van der Waals surface area contributed by atoms with Crippen LogP contribution in [0.1, 0.15) is 12.8 Å². The maximum Gasteiger partial charge on any atom is 0.169 e. The van der Waals surface area contributed by atoms with Gasteiger partial charge in [0.2, 0.25) is 0 Å². The number of anilines is 3. The molecule has 94 valence electrons. The summed E-state index contributed by atoms with van der Waals surface area (Å²) >= 11 is 5.77. The largest absolute Gasteiger partial charge is 0.397 e. The SMILES string of the molecule is Nc1cc(N)c(N2CCCC(O)C2)c(F)c1Cl. The summed E-state index contributed by atoms with van der Waals surface area (Å²) in [5.74, 6) is -0.613. The van der Waals surface area contributed by atoms with Crippen LogP contribution in [0.2, 0.25) is 5.02 Å². The Balaban J connectivity index is 2.41. The first-order chi connectivity index (χ1) is 8.00. The second-order valence-corrected chi connectivity index (χ2v) is 4.65. The molecule has 5 N–H and O–H groups in total. The average Bonchev–Trinajstić information content (AvgIpc) is 2.26. The van der Waals surface area contributed by atoms with E-state index in [2.05, 4.69) is 0 Å². The molecule has 0 radical (unpaired) electrons. The van der Waals surface area contributed by atoms with Gasteiger partial charge in [-0.1, -0.05) is 11.6 Å². The summed E-state index contributed by atoms with van der Waals surface area (Å²) in [6.07, 6.45) is 1.06. The minimum absolute atomic E-state index is 0.116. The third-order valence-electron chi connectivity index (χ3n) is 2.95. The Hall–Kier alpha value is -1.20. The van der Waals surface area contributed by atoms with Crippen molar-refractivity contribution in [2.24, 2.45) is 0 Å². The van der Waals surface area contributed by atoms with Crippen molar-refractivity contribution in [2.45, 2.75) is 18.9 Å². The number of β-amino-alcohol motifs (C(OH)–C–C–N with tert-alkyl or cyclic N) is 1. The normalized spacial score (nSPS) is 20.6. The molecule has 1 aromatic rings. The van der Waals surface area contributed by atoms with Gasteiger partial charge in [-0.3, -0.25) is 0 Å². The van der Waals surface area contributed by atoms with E-state index in [0.717, 1.165) is 12.8 Å². The van der Waals surface area contributed by atoms with Crippen molar-refractivity contribution in [3.05, 3.63) is 16.9 Å². The van der Waals surface area contributed by atoms with Crippen molar-refractivity contribution in [2.75, 3.05) is 29.5 Å². The van der Waals surface area contributed by atoms with E-state index in [9.17, 15) is 9.50 Å². The molecule has 6 heteroatoms. The topological polar surface area (TPSA) is 75.5 Å². The highest BCUT2D eigenvalue weighted by Gasteiger charge is 2.24. The van der Waals surface area contributed by atoms with E-state index in [1.807, 2.05) is 0 Å². The number of piperidine rings is 1. The molecule has 0 saturated carbocycles. The van der Waals surface area contributed by atoms with Crippen molar-refractivity contribution in [1.82, 2.24) is 0 Å². The zero-order valence-corrected chi connectivity index (χ0v) is 10.0. The van der Waals surface area contributed by atoms with Gasteiger partial charge >= 0.3 is 0 Å². The Bertz CT molecular complexity index is 441. The van der Waals surface area contributed by atoms with Crippen LogP contribution in [0.3, 0.4) is 0 Å². The lowest BCUT2D eigenvalue weighted by atomic mass is 10.1. The molecule has 0 spiro atoms. The molecule has 1 aromatic carbocycles. The van der Waals surface area contributed by atoms with E-state index in [1.165, 1.54) is 6.07 Å². The maximum absolute atomic E-state index is 14.0. The molecule has 1 atom stereocenters. The highest BCUT2D eigenvalue weighted by Crippen LogP contribution is 2.37. The lowest BCUT2D eigenvalue weighted by molar-refractivity contribution is 0.154. The fourth-order valence-corrected chi connectivity index (χ4v) is 2.28. The van der Waals surface area contributed by atoms with E-state index in [1.54, 1.807) is 4.90 Å². The molecule has 0 bridgehead atoms. The number of aliphatic hydroxyl groups excluding tert-OH is 1. The molecular formula is C11H15ClFN3O. The third-order valence-corrected chi connectivity index (χ3v) is 3.34.